The molecule has 0 aliphatic carbocycles. The molecule has 0 saturated heterocycles. The lowest BCUT2D eigenvalue weighted by Crippen LogP contribution is -2.50. The number of nitrogens with one attached hydrogen (secondary N) is 1. The van der Waals surface area contributed by atoms with Crippen molar-refractivity contribution in [2.24, 2.45) is 0 Å². The number of para-hydroxylation sites is 1. The van der Waals surface area contributed by atoms with E-state index in [4.69, 9.17) is 9.52 Å². The van der Waals surface area contributed by atoms with Crippen LogP contribution in [0.2, 0.25) is 0 Å². The van der Waals surface area contributed by atoms with Crippen molar-refractivity contribution in [1.29, 1.82) is 0 Å². The number of carboxylic acid groups (broad SMARTS) is 1. The fraction of sp³-hybridized carbons (Fsp3) is 0.333. The van der Waals surface area contributed by atoms with E-state index in [1.807, 2.05) is 24.3 Å². The van der Waals surface area contributed by atoms with Crippen molar-refractivity contribution in [3.63, 3.8) is 0 Å². The first-order valence-electron chi connectivity index (χ1n) is 6.35. The van der Waals surface area contributed by atoms with Crippen molar-refractivity contribution < 1.29 is 19.1 Å². The van der Waals surface area contributed by atoms with Crippen LogP contribution in [0, 0.1) is 0 Å². The quantitative estimate of drug-likeness (QED) is 0.898. The molecule has 0 aliphatic rings. The van der Waals surface area contributed by atoms with Gasteiger partial charge >= 0.3 is 5.97 Å². The summed E-state index contributed by atoms with van der Waals surface area (Å²) in [6, 6.07) is 9.26. The average molecular weight is 275 g/mol. The number of hydrogen-bond donors (Lipinski definition) is 2. The van der Waals surface area contributed by atoms with Crippen molar-refractivity contribution >= 4 is 22.8 Å². The van der Waals surface area contributed by atoms with Gasteiger partial charge in [-0.15, -0.1) is 0 Å². The zero-order valence-corrected chi connectivity index (χ0v) is 11.6. The molecule has 5 nitrogen and oxygen atoms in total. The van der Waals surface area contributed by atoms with Crippen LogP contribution >= 0.6 is 0 Å². The molecule has 0 bridgehead atoms. The largest absolute Gasteiger partial charge is 0.480 e. The number of carbonyl (C=O) groups excluding carboxylic acids is 1. The Labute approximate surface area is 116 Å². The Kier molecular flexibility index (Phi) is 3.53. The third kappa shape index (κ3) is 2.66. The van der Waals surface area contributed by atoms with E-state index in [1.165, 1.54) is 13.8 Å². The number of rotatable bonds is 4. The molecule has 1 aromatic carbocycles. The molecule has 5 heteroatoms. The molecular weight excluding hydrogens is 258 g/mol. The molecule has 106 valence electrons. The Morgan fingerprint density at radius 2 is 1.95 bits per heavy atom. The summed E-state index contributed by atoms with van der Waals surface area (Å²) in [7, 11) is 0. The monoisotopic (exact) mass is 275 g/mol. The van der Waals surface area contributed by atoms with Crippen LogP contribution in [0.5, 0.6) is 0 Å². The molecule has 1 aromatic heterocycles. The van der Waals surface area contributed by atoms with Crippen molar-refractivity contribution in [1.82, 2.24) is 5.32 Å². The van der Waals surface area contributed by atoms with Gasteiger partial charge in [0.1, 0.15) is 16.9 Å². The molecule has 1 atom stereocenters. The summed E-state index contributed by atoms with van der Waals surface area (Å²) in [5.74, 6) is -1.50. The maximum Gasteiger partial charge on any atom is 0.328 e. The molecule has 0 saturated carbocycles. The predicted octanol–water partition coefficient (Wildman–Crippen LogP) is 2.52. The molecule has 2 N–H and O–H groups in total. The number of furan rings is 1. The van der Waals surface area contributed by atoms with Crippen LogP contribution in [0.3, 0.4) is 0 Å². The summed E-state index contributed by atoms with van der Waals surface area (Å²) in [6.45, 7) is 4.57. The predicted molar refractivity (Wildman–Crippen MR) is 74.5 cm³/mol. The summed E-state index contributed by atoms with van der Waals surface area (Å²) < 4.78 is 5.62. The van der Waals surface area contributed by atoms with Gasteiger partial charge in [-0.3, -0.25) is 4.79 Å². The zero-order chi connectivity index (χ0) is 14.9. The minimum Gasteiger partial charge on any atom is -0.480 e. The second-order valence-electron chi connectivity index (χ2n) is 5.33. The van der Waals surface area contributed by atoms with E-state index in [-0.39, 0.29) is 5.91 Å². The number of aliphatic carboxylic acids is 1. The van der Waals surface area contributed by atoms with Gasteiger partial charge in [0.25, 0.3) is 0 Å². The van der Waals surface area contributed by atoms with E-state index < -0.39 is 17.4 Å². The smallest absolute Gasteiger partial charge is 0.328 e. The summed E-state index contributed by atoms with van der Waals surface area (Å²) >= 11 is 0. The topological polar surface area (TPSA) is 79.5 Å². The molecule has 1 unspecified atom stereocenters. The maximum atomic E-state index is 12.1. The van der Waals surface area contributed by atoms with Gasteiger partial charge in [0, 0.05) is 5.39 Å². The molecular formula is C15H17NO4. The van der Waals surface area contributed by atoms with Gasteiger partial charge in [-0.05, 0) is 32.9 Å². The van der Waals surface area contributed by atoms with Crippen LogP contribution in [0.1, 0.15) is 32.4 Å². The number of benzene rings is 1. The van der Waals surface area contributed by atoms with Crippen LogP contribution in [0.15, 0.2) is 34.7 Å². The van der Waals surface area contributed by atoms with E-state index in [1.54, 1.807) is 13.0 Å². The highest BCUT2D eigenvalue weighted by Gasteiger charge is 2.31. The molecule has 0 spiro atoms. The Morgan fingerprint density at radius 3 is 2.55 bits per heavy atom. The van der Waals surface area contributed by atoms with Gasteiger partial charge in [-0.2, -0.15) is 0 Å². The molecule has 0 aliphatic heterocycles. The molecule has 2 rings (SSSR count). The first-order chi connectivity index (χ1) is 9.31. The van der Waals surface area contributed by atoms with Crippen molar-refractivity contribution in [3.05, 3.63) is 36.1 Å². The van der Waals surface area contributed by atoms with Crippen molar-refractivity contribution in [3.8, 4) is 0 Å². The van der Waals surface area contributed by atoms with E-state index in [0.717, 1.165) is 5.39 Å². The van der Waals surface area contributed by atoms with E-state index in [2.05, 4.69) is 5.32 Å². The Hall–Kier alpha value is -2.30. The van der Waals surface area contributed by atoms with Gasteiger partial charge < -0.3 is 14.8 Å². The van der Waals surface area contributed by atoms with Gasteiger partial charge in [0.05, 0.1) is 5.92 Å². The SMILES string of the molecule is CC(C(=O)NC(C)(C)C(=O)O)c1cc2ccccc2o1. The molecule has 0 radical (unpaired) electrons. The fourth-order valence-corrected chi connectivity index (χ4v) is 1.81. The zero-order valence-electron chi connectivity index (χ0n) is 11.6. The highest BCUT2D eigenvalue weighted by atomic mass is 16.4. The highest BCUT2D eigenvalue weighted by Crippen LogP contribution is 2.25. The highest BCUT2D eigenvalue weighted by molar-refractivity contribution is 5.90. The lowest BCUT2D eigenvalue weighted by molar-refractivity contribution is -0.146. The maximum absolute atomic E-state index is 12.1. The second-order valence-corrected chi connectivity index (χ2v) is 5.33. The summed E-state index contributed by atoms with van der Waals surface area (Å²) in [5, 5.41) is 12.4. The van der Waals surface area contributed by atoms with Gasteiger partial charge in [0.2, 0.25) is 5.91 Å². The van der Waals surface area contributed by atoms with E-state index in [9.17, 15) is 9.59 Å². The van der Waals surface area contributed by atoms with Gasteiger partial charge in [0.15, 0.2) is 0 Å². The van der Waals surface area contributed by atoms with Crippen molar-refractivity contribution in [2.45, 2.75) is 32.2 Å². The van der Waals surface area contributed by atoms with Crippen LogP contribution < -0.4 is 5.32 Å². The van der Waals surface area contributed by atoms with Gasteiger partial charge in [-0.25, -0.2) is 4.79 Å². The minimum absolute atomic E-state index is 0.378. The number of carboxylic acids is 1. The first kappa shape index (κ1) is 14.1. The van der Waals surface area contributed by atoms with Crippen LogP contribution in [-0.4, -0.2) is 22.5 Å². The van der Waals surface area contributed by atoms with E-state index >= 15 is 0 Å². The lowest BCUT2D eigenvalue weighted by Gasteiger charge is -2.22. The minimum atomic E-state index is -1.31. The summed E-state index contributed by atoms with van der Waals surface area (Å²) in [6.07, 6.45) is 0. The molecule has 1 heterocycles. The Balaban J connectivity index is 2.20. The third-order valence-corrected chi connectivity index (χ3v) is 3.24. The third-order valence-electron chi connectivity index (χ3n) is 3.24. The van der Waals surface area contributed by atoms with Gasteiger partial charge in [-0.1, -0.05) is 18.2 Å². The number of amides is 1. The Morgan fingerprint density at radius 1 is 1.30 bits per heavy atom. The summed E-state index contributed by atoms with van der Waals surface area (Å²) in [4.78, 5) is 23.1. The van der Waals surface area contributed by atoms with E-state index in [0.29, 0.717) is 11.3 Å². The van der Waals surface area contributed by atoms with Crippen LogP contribution in [0.25, 0.3) is 11.0 Å². The van der Waals surface area contributed by atoms with Crippen LogP contribution in [0.4, 0.5) is 0 Å². The second kappa shape index (κ2) is 5.00. The molecule has 2 aromatic rings. The number of carbonyl (C=O) groups is 2. The lowest BCUT2D eigenvalue weighted by atomic mass is 10.0. The molecule has 20 heavy (non-hydrogen) atoms. The first-order valence-corrected chi connectivity index (χ1v) is 6.35. The molecule has 0 fully saturated rings. The standard InChI is InChI=1S/C15H17NO4/c1-9(13(17)16-15(2,3)14(18)19)12-8-10-6-4-5-7-11(10)20-12/h4-9H,1-3H3,(H,16,17)(H,18,19). The Bertz CT molecular complexity index is 624. The fourth-order valence-electron chi connectivity index (χ4n) is 1.81. The summed E-state index contributed by atoms with van der Waals surface area (Å²) in [5.41, 5.74) is -0.600. The number of fused-ring (bicyclic) bond motifs is 1. The van der Waals surface area contributed by atoms with Crippen molar-refractivity contribution in [2.75, 3.05) is 0 Å². The molecule has 1 amide bonds. The number of hydrogen-bond acceptors (Lipinski definition) is 3. The normalized spacial score (nSPS) is 13.2. The average Bonchev–Trinajstić information content (AvgIpc) is 2.80. The van der Waals surface area contributed by atoms with Crippen LogP contribution in [-0.2, 0) is 9.59 Å².